The SMILES string of the molecule is CS[C@@]1(C(C)C)C(=O)N2[C@H]3Nc4ccccc4[C@@]3(C34c5ccccc5N(C)[C@H]3N3C(=O)[C@@](CO)(SC)N(C)C(=O)[C@]3(SC)[C@H]4O)[C@H](O)[C@]2(SC)C(=O)N1C. The average molecular weight is 815 g/mol. The minimum absolute atomic E-state index is 0.344. The summed E-state index contributed by atoms with van der Waals surface area (Å²) in [5.74, 6) is -2.36. The number of nitrogens with zero attached hydrogens (tertiary/aromatic N) is 5. The molecule has 17 heteroatoms. The molecule has 0 radical (unpaired) electrons. The first-order chi connectivity index (χ1) is 25.6. The van der Waals surface area contributed by atoms with Crippen molar-refractivity contribution < 1.29 is 34.5 Å². The number of anilines is 2. The molecule has 0 aromatic heterocycles. The number of para-hydroxylation sites is 2. The molecule has 0 saturated carbocycles. The standard InChI is InChI=1S/C37H46N6O7S4/c1-19(2)35(52-7)31(50)42-26-33(20-14-10-12-16-22(20)38-26,24(45)36(42,53-8)30(49)41(35)5)34-21-15-11-13-17-23(21)39(3)27(34)43-28(47)32(18-44,51-6)40(4)29(48)37(43,54-9)25(34)46/h10-17,19,24-27,38,44-46H,18H2,1-9H3/t24-,25-,26+,27-,32+,33+,34?,35-,36-,37+/m0/s1. The van der Waals surface area contributed by atoms with Gasteiger partial charge in [-0.2, -0.15) is 0 Å². The van der Waals surface area contributed by atoms with Gasteiger partial charge in [0.25, 0.3) is 23.6 Å². The van der Waals surface area contributed by atoms with Gasteiger partial charge in [0.1, 0.15) is 24.5 Å². The van der Waals surface area contributed by atoms with Crippen LogP contribution in [0.1, 0.15) is 25.0 Å². The first kappa shape index (κ1) is 38.1. The maximum atomic E-state index is 15.6. The molecule has 0 spiro atoms. The third kappa shape index (κ3) is 3.48. The van der Waals surface area contributed by atoms with Crippen LogP contribution in [0.3, 0.4) is 0 Å². The lowest BCUT2D eigenvalue weighted by Crippen LogP contribution is -2.76. The molecule has 2 aromatic carbocycles. The molecule has 6 aliphatic heterocycles. The maximum absolute atomic E-state index is 15.6. The van der Waals surface area contributed by atoms with Crippen LogP contribution in [0.5, 0.6) is 0 Å². The molecule has 4 N–H and O–H groups in total. The van der Waals surface area contributed by atoms with E-state index in [9.17, 15) is 15.3 Å². The first-order valence-electron chi connectivity index (χ1n) is 17.7. The van der Waals surface area contributed by atoms with E-state index in [0.717, 1.165) is 35.3 Å². The number of aliphatic hydroxyl groups excluding tert-OH is 3. The minimum Gasteiger partial charge on any atom is -0.392 e. The van der Waals surface area contributed by atoms with E-state index in [0.29, 0.717) is 22.5 Å². The fraction of sp³-hybridized carbons (Fsp3) is 0.568. The zero-order valence-corrected chi connectivity index (χ0v) is 34.8. The van der Waals surface area contributed by atoms with Gasteiger partial charge < -0.3 is 35.3 Å². The topological polar surface area (TPSA) is 157 Å². The Balaban J connectivity index is 1.55. The number of likely N-dealkylation sites (N-methyl/N-ethyl adjacent to an activating group) is 3. The number of rotatable bonds is 7. The van der Waals surface area contributed by atoms with Crippen LogP contribution in [0.15, 0.2) is 48.5 Å². The van der Waals surface area contributed by atoms with E-state index in [1.54, 1.807) is 39.1 Å². The zero-order valence-electron chi connectivity index (χ0n) is 31.6. The van der Waals surface area contributed by atoms with Crippen LogP contribution >= 0.6 is 47.0 Å². The molecule has 4 saturated heterocycles. The van der Waals surface area contributed by atoms with E-state index in [2.05, 4.69) is 5.32 Å². The Morgan fingerprint density at radius 2 is 1.26 bits per heavy atom. The number of aliphatic hydroxyl groups is 3. The summed E-state index contributed by atoms with van der Waals surface area (Å²) in [6.45, 7) is 3.10. The van der Waals surface area contributed by atoms with Crippen molar-refractivity contribution in [1.29, 1.82) is 0 Å². The van der Waals surface area contributed by atoms with Crippen LogP contribution in [0.25, 0.3) is 0 Å². The van der Waals surface area contributed by atoms with Gasteiger partial charge in [0, 0.05) is 32.5 Å². The molecule has 0 bridgehead atoms. The van der Waals surface area contributed by atoms with Gasteiger partial charge in [-0.15, -0.1) is 47.0 Å². The van der Waals surface area contributed by atoms with Crippen LogP contribution in [0.2, 0.25) is 0 Å². The lowest BCUT2D eigenvalue weighted by atomic mass is 9.52. The number of thioether (sulfide) groups is 4. The molecule has 6 heterocycles. The highest BCUT2D eigenvalue weighted by molar-refractivity contribution is 8.02. The number of amides is 4. The third-order valence-electron chi connectivity index (χ3n) is 13.7. The van der Waals surface area contributed by atoms with E-state index in [4.69, 9.17) is 0 Å². The van der Waals surface area contributed by atoms with Crippen molar-refractivity contribution >= 4 is 82.1 Å². The third-order valence-corrected chi connectivity index (χ3v) is 18.9. The minimum atomic E-state index is -1.95. The Bertz CT molecular complexity index is 2010. The molecule has 2 aromatic rings. The number of carbonyl (C=O) groups is 4. The van der Waals surface area contributed by atoms with E-state index >= 15 is 19.2 Å². The van der Waals surface area contributed by atoms with E-state index < -0.39 is 79.2 Å². The normalized spacial score (nSPS) is 40.6. The van der Waals surface area contributed by atoms with Crippen molar-refractivity contribution in [3.05, 3.63) is 59.7 Å². The summed E-state index contributed by atoms with van der Waals surface area (Å²) in [5, 5.41) is 42.0. The lowest BCUT2D eigenvalue weighted by molar-refractivity contribution is -0.169. The van der Waals surface area contributed by atoms with Crippen molar-refractivity contribution in [2.75, 3.05) is 63.0 Å². The van der Waals surface area contributed by atoms with Crippen molar-refractivity contribution in [3.63, 3.8) is 0 Å². The molecule has 0 aliphatic carbocycles. The highest BCUT2D eigenvalue weighted by atomic mass is 32.2. The van der Waals surface area contributed by atoms with Crippen LogP contribution in [-0.4, -0.2) is 155 Å². The highest BCUT2D eigenvalue weighted by Crippen LogP contribution is 2.75. The molecule has 54 heavy (non-hydrogen) atoms. The Labute approximate surface area is 331 Å². The molecule has 6 aliphatic rings. The summed E-state index contributed by atoms with van der Waals surface area (Å²) in [6.07, 6.45) is 1.12. The number of hydrogen-bond donors (Lipinski definition) is 4. The Morgan fingerprint density at radius 3 is 1.83 bits per heavy atom. The number of fused-ring (bicyclic) bond motifs is 11. The van der Waals surface area contributed by atoms with Gasteiger partial charge in [0.2, 0.25) is 0 Å². The van der Waals surface area contributed by atoms with Gasteiger partial charge in [-0.1, -0.05) is 50.2 Å². The fourth-order valence-electron chi connectivity index (χ4n) is 11.5. The lowest BCUT2D eigenvalue weighted by Gasteiger charge is -2.55. The van der Waals surface area contributed by atoms with E-state index in [1.165, 1.54) is 38.4 Å². The Kier molecular flexibility index (Phi) is 8.37. The summed E-state index contributed by atoms with van der Waals surface area (Å²) in [7, 11) is 4.87. The van der Waals surface area contributed by atoms with Gasteiger partial charge >= 0.3 is 0 Å². The second-order valence-corrected chi connectivity index (χ2v) is 19.4. The van der Waals surface area contributed by atoms with Gasteiger partial charge in [0.15, 0.2) is 19.5 Å². The summed E-state index contributed by atoms with van der Waals surface area (Å²) >= 11 is 4.41. The van der Waals surface area contributed by atoms with E-state index in [1.807, 2.05) is 67.3 Å². The van der Waals surface area contributed by atoms with Gasteiger partial charge in [-0.05, 0) is 54.2 Å². The Hall–Kier alpha value is -2.80. The van der Waals surface area contributed by atoms with Crippen molar-refractivity contribution in [2.24, 2.45) is 5.92 Å². The van der Waals surface area contributed by atoms with Crippen molar-refractivity contribution in [2.45, 2.75) is 68.7 Å². The van der Waals surface area contributed by atoms with Gasteiger partial charge in [-0.25, -0.2) is 0 Å². The van der Waals surface area contributed by atoms with E-state index in [-0.39, 0.29) is 11.8 Å². The molecule has 4 amide bonds. The van der Waals surface area contributed by atoms with Gasteiger partial charge in [-0.3, -0.25) is 29.0 Å². The highest BCUT2D eigenvalue weighted by Gasteiger charge is 2.91. The molecule has 8 rings (SSSR count). The second kappa shape index (κ2) is 11.9. The Morgan fingerprint density at radius 1 is 0.704 bits per heavy atom. The molecular weight excluding hydrogens is 769 g/mol. The van der Waals surface area contributed by atoms with Crippen LogP contribution in [0, 0.1) is 5.92 Å². The smallest absolute Gasteiger partial charge is 0.264 e. The van der Waals surface area contributed by atoms with Crippen LogP contribution in [-0.2, 0) is 30.0 Å². The summed E-state index contributed by atoms with van der Waals surface area (Å²) in [6, 6.07) is 14.7. The zero-order chi connectivity index (χ0) is 39.3. The van der Waals surface area contributed by atoms with Gasteiger partial charge in [0.05, 0.1) is 17.4 Å². The molecular formula is C37H46N6O7S4. The molecule has 10 atom stereocenters. The number of hydrogen-bond acceptors (Lipinski definition) is 13. The predicted octanol–water partition coefficient (Wildman–Crippen LogP) is 1.63. The predicted molar refractivity (Wildman–Crippen MR) is 214 cm³/mol. The molecule has 1 unspecified atom stereocenters. The molecule has 13 nitrogen and oxygen atoms in total. The maximum Gasteiger partial charge on any atom is 0.264 e. The number of piperazine rings is 2. The average Bonchev–Trinajstić information content (AvgIpc) is 3.80. The van der Waals surface area contributed by atoms with Crippen LogP contribution in [0.4, 0.5) is 11.4 Å². The van der Waals surface area contributed by atoms with Crippen molar-refractivity contribution in [3.8, 4) is 0 Å². The number of carbonyl (C=O) groups excluding carboxylic acids is 4. The first-order valence-corrected chi connectivity index (χ1v) is 22.6. The molecule has 4 fully saturated rings. The van der Waals surface area contributed by atoms with Crippen LogP contribution < -0.4 is 10.2 Å². The number of benzene rings is 2. The summed E-state index contributed by atoms with van der Waals surface area (Å²) in [5.41, 5.74) is -1.20. The summed E-state index contributed by atoms with van der Waals surface area (Å²) in [4.78, 5) is 62.1. The second-order valence-electron chi connectivity index (χ2n) is 15.2. The van der Waals surface area contributed by atoms with Crippen molar-refractivity contribution in [1.82, 2.24) is 19.6 Å². The quantitative estimate of drug-likeness (QED) is 0.320. The number of nitrogens with one attached hydrogen (secondary N) is 1. The monoisotopic (exact) mass is 814 g/mol. The summed E-state index contributed by atoms with van der Waals surface area (Å²) < 4.78 is 0. The largest absolute Gasteiger partial charge is 0.392 e. The fourth-order valence-corrected chi connectivity index (χ4v) is 15.5. The molecule has 290 valence electrons.